The maximum Gasteiger partial charge on any atom is 0.163 e. The molecule has 0 fully saturated rings. The molecule has 4 nitrogen and oxygen atoms in total. The molecule has 0 radical (unpaired) electrons. The molecular formula is C18H24N4. The molecule has 0 unspecified atom stereocenters. The van der Waals surface area contributed by atoms with Crippen LogP contribution in [-0.4, -0.2) is 23.1 Å². The van der Waals surface area contributed by atoms with E-state index in [-0.39, 0.29) is 0 Å². The first-order chi connectivity index (χ1) is 10.8. The standard InChI is InChI=1S/C18H24N4/c1-3-5-9-13-20-17-14-16(19-12-4-2)21-18(22-17)15-10-7-6-8-11-15/h4,6-8,10-11,14H,2-3,5,9,12-13H2,1H3,(H2,19,20,21,22). The van der Waals surface area contributed by atoms with Crippen molar-refractivity contribution in [3.8, 4) is 11.4 Å². The molecule has 0 aliphatic carbocycles. The summed E-state index contributed by atoms with van der Waals surface area (Å²) in [6, 6.07) is 12.0. The Morgan fingerprint density at radius 2 is 1.77 bits per heavy atom. The molecule has 0 aliphatic rings. The van der Waals surface area contributed by atoms with Crippen LogP contribution in [0.2, 0.25) is 0 Å². The van der Waals surface area contributed by atoms with Crippen LogP contribution >= 0.6 is 0 Å². The van der Waals surface area contributed by atoms with Crippen LogP contribution in [0.25, 0.3) is 11.4 Å². The second-order valence-corrected chi connectivity index (χ2v) is 5.13. The van der Waals surface area contributed by atoms with Gasteiger partial charge in [0.1, 0.15) is 11.6 Å². The molecule has 116 valence electrons. The fraction of sp³-hybridized carbons (Fsp3) is 0.333. The van der Waals surface area contributed by atoms with E-state index < -0.39 is 0 Å². The third-order valence-corrected chi connectivity index (χ3v) is 3.27. The summed E-state index contributed by atoms with van der Waals surface area (Å²) in [6.07, 6.45) is 5.41. The minimum absolute atomic E-state index is 0.681. The predicted molar refractivity (Wildman–Crippen MR) is 94.2 cm³/mol. The van der Waals surface area contributed by atoms with Gasteiger partial charge < -0.3 is 10.6 Å². The first-order valence-electron chi connectivity index (χ1n) is 7.86. The van der Waals surface area contributed by atoms with E-state index in [1.807, 2.05) is 42.5 Å². The molecular weight excluding hydrogens is 272 g/mol. The molecule has 0 saturated carbocycles. The van der Waals surface area contributed by atoms with Crippen LogP contribution in [-0.2, 0) is 0 Å². The van der Waals surface area contributed by atoms with E-state index in [0.29, 0.717) is 6.54 Å². The van der Waals surface area contributed by atoms with Crippen molar-refractivity contribution in [3.05, 3.63) is 49.1 Å². The molecule has 0 spiro atoms. The van der Waals surface area contributed by atoms with Gasteiger partial charge in [0.25, 0.3) is 0 Å². The van der Waals surface area contributed by atoms with E-state index in [1.54, 1.807) is 0 Å². The normalized spacial score (nSPS) is 10.2. The van der Waals surface area contributed by atoms with Crippen LogP contribution < -0.4 is 10.6 Å². The average molecular weight is 296 g/mol. The zero-order valence-corrected chi connectivity index (χ0v) is 13.2. The molecule has 1 aromatic heterocycles. The van der Waals surface area contributed by atoms with Gasteiger partial charge in [0.05, 0.1) is 0 Å². The summed E-state index contributed by atoms with van der Waals surface area (Å²) in [5.74, 6) is 2.40. The molecule has 2 rings (SSSR count). The Morgan fingerprint density at radius 1 is 1.05 bits per heavy atom. The minimum atomic E-state index is 0.681. The molecule has 0 saturated heterocycles. The molecule has 1 heterocycles. The first-order valence-corrected chi connectivity index (χ1v) is 7.86. The lowest BCUT2D eigenvalue weighted by Gasteiger charge is -2.11. The molecule has 2 N–H and O–H groups in total. The third-order valence-electron chi connectivity index (χ3n) is 3.27. The highest BCUT2D eigenvalue weighted by Crippen LogP contribution is 2.20. The summed E-state index contributed by atoms with van der Waals surface area (Å²) in [4.78, 5) is 9.20. The summed E-state index contributed by atoms with van der Waals surface area (Å²) in [5.41, 5.74) is 1.02. The van der Waals surface area contributed by atoms with Crippen molar-refractivity contribution in [2.45, 2.75) is 26.2 Å². The minimum Gasteiger partial charge on any atom is -0.370 e. The van der Waals surface area contributed by atoms with Crippen LogP contribution in [0.15, 0.2) is 49.1 Å². The first kappa shape index (κ1) is 16.0. The highest BCUT2D eigenvalue weighted by atomic mass is 15.1. The third kappa shape index (κ3) is 4.88. The number of rotatable bonds is 9. The number of unbranched alkanes of at least 4 members (excludes halogenated alkanes) is 2. The molecule has 4 heteroatoms. The van der Waals surface area contributed by atoms with E-state index in [4.69, 9.17) is 0 Å². The van der Waals surface area contributed by atoms with Crippen molar-refractivity contribution in [2.75, 3.05) is 23.7 Å². The number of benzene rings is 1. The Hall–Kier alpha value is -2.36. The lowest BCUT2D eigenvalue weighted by atomic mass is 10.2. The van der Waals surface area contributed by atoms with Gasteiger partial charge in [-0.3, -0.25) is 0 Å². The maximum absolute atomic E-state index is 4.62. The molecule has 2 aromatic rings. The molecule has 0 amide bonds. The van der Waals surface area contributed by atoms with Crippen molar-refractivity contribution in [1.29, 1.82) is 0 Å². The lowest BCUT2D eigenvalue weighted by Crippen LogP contribution is -2.08. The van der Waals surface area contributed by atoms with Crippen LogP contribution in [0, 0.1) is 0 Å². The SMILES string of the molecule is C=CCNc1cc(NCCCCC)nc(-c2ccccc2)n1. The molecule has 0 bridgehead atoms. The smallest absolute Gasteiger partial charge is 0.163 e. The Labute approximate surface area is 132 Å². The largest absolute Gasteiger partial charge is 0.370 e. The van der Waals surface area contributed by atoms with E-state index in [9.17, 15) is 0 Å². The maximum atomic E-state index is 4.62. The van der Waals surface area contributed by atoms with Crippen molar-refractivity contribution in [1.82, 2.24) is 9.97 Å². The van der Waals surface area contributed by atoms with Gasteiger partial charge in [-0.05, 0) is 6.42 Å². The zero-order chi connectivity index (χ0) is 15.6. The van der Waals surface area contributed by atoms with Gasteiger partial charge in [-0.25, -0.2) is 9.97 Å². The van der Waals surface area contributed by atoms with E-state index in [1.165, 1.54) is 12.8 Å². The summed E-state index contributed by atoms with van der Waals surface area (Å²) in [7, 11) is 0. The number of anilines is 2. The van der Waals surface area contributed by atoms with Crippen LogP contribution in [0.1, 0.15) is 26.2 Å². The highest BCUT2D eigenvalue weighted by molar-refractivity contribution is 5.61. The highest BCUT2D eigenvalue weighted by Gasteiger charge is 2.06. The van der Waals surface area contributed by atoms with Crippen molar-refractivity contribution in [3.63, 3.8) is 0 Å². The molecule has 22 heavy (non-hydrogen) atoms. The zero-order valence-electron chi connectivity index (χ0n) is 13.2. The number of aromatic nitrogens is 2. The second kappa shape index (κ2) is 8.82. The van der Waals surface area contributed by atoms with Crippen LogP contribution in [0.5, 0.6) is 0 Å². The fourth-order valence-electron chi connectivity index (χ4n) is 2.11. The van der Waals surface area contributed by atoms with Crippen molar-refractivity contribution < 1.29 is 0 Å². The number of nitrogens with zero attached hydrogens (tertiary/aromatic N) is 2. The summed E-state index contributed by atoms with van der Waals surface area (Å²) in [6.45, 7) is 7.54. The van der Waals surface area contributed by atoms with Gasteiger partial charge in [0.15, 0.2) is 5.82 Å². The van der Waals surface area contributed by atoms with E-state index in [0.717, 1.165) is 36.0 Å². The van der Waals surface area contributed by atoms with Crippen LogP contribution in [0.4, 0.5) is 11.6 Å². The fourth-order valence-corrected chi connectivity index (χ4v) is 2.11. The van der Waals surface area contributed by atoms with Gasteiger partial charge in [-0.15, -0.1) is 6.58 Å². The predicted octanol–water partition coefficient (Wildman–Crippen LogP) is 4.34. The molecule has 0 aliphatic heterocycles. The topological polar surface area (TPSA) is 49.8 Å². The Bertz CT molecular complexity index is 581. The number of hydrogen-bond acceptors (Lipinski definition) is 4. The monoisotopic (exact) mass is 296 g/mol. The lowest BCUT2D eigenvalue weighted by molar-refractivity contribution is 0.742. The molecule has 1 aromatic carbocycles. The van der Waals surface area contributed by atoms with Gasteiger partial charge in [-0.2, -0.15) is 0 Å². The quantitative estimate of drug-likeness (QED) is 0.534. The Balaban J connectivity index is 2.18. The van der Waals surface area contributed by atoms with Crippen molar-refractivity contribution >= 4 is 11.6 Å². The van der Waals surface area contributed by atoms with Crippen LogP contribution in [0.3, 0.4) is 0 Å². The Kier molecular flexibility index (Phi) is 6.42. The van der Waals surface area contributed by atoms with Crippen molar-refractivity contribution in [2.24, 2.45) is 0 Å². The second-order valence-electron chi connectivity index (χ2n) is 5.13. The summed E-state index contributed by atoms with van der Waals surface area (Å²) < 4.78 is 0. The van der Waals surface area contributed by atoms with Gasteiger partial charge >= 0.3 is 0 Å². The summed E-state index contributed by atoms with van der Waals surface area (Å²) >= 11 is 0. The molecule has 0 atom stereocenters. The van der Waals surface area contributed by atoms with Gasteiger partial charge in [0.2, 0.25) is 0 Å². The Morgan fingerprint density at radius 3 is 2.45 bits per heavy atom. The van der Waals surface area contributed by atoms with Gasteiger partial charge in [-0.1, -0.05) is 56.2 Å². The number of nitrogens with one attached hydrogen (secondary N) is 2. The summed E-state index contributed by atoms with van der Waals surface area (Å²) in [5, 5.41) is 6.63. The average Bonchev–Trinajstić information content (AvgIpc) is 2.57. The van der Waals surface area contributed by atoms with E-state index >= 15 is 0 Å². The van der Waals surface area contributed by atoms with E-state index in [2.05, 4.69) is 34.1 Å². The van der Waals surface area contributed by atoms with Gasteiger partial charge in [0, 0.05) is 24.7 Å². The number of hydrogen-bond donors (Lipinski definition) is 2.